The van der Waals surface area contributed by atoms with Crippen LogP contribution < -0.4 is 0 Å². The number of aryl methyl sites for hydroxylation is 1. The number of aliphatic hydroxyl groups is 1. The van der Waals surface area contributed by atoms with Gasteiger partial charge in [0.15, 0.2) is 0 Å². The van der Waals surface area contributed by atoms with E-state index in [0.717, 1.165) is 20.9 Å². The summed E-state index contributed by atoms with van der Waals surface area (Å²) in [5, 5.41) is 19.3. The lowest BCUT2D eigenvalue weighted by Crippen LogP contribution is -2.01. The zero-order valence-corrected chi connectivity index (χ0v) is 8.93. The Kier molecular flexibility index (Phi) is 2.29. The number of aromatic hydroxyl groups is 1. The first kappa shape index (κ1) is 9.62. The molecular formula is C11H12O2S. The average Bonchev–Trinajstić information content (AvgIpc) is 2.08. The molecule has 74 valence electrons. The van der Waals surface area contributed by atoms with Crippen LogP contribution in [0.1, 0.15) is 24.2 Å². The second-order valence-corrected chi connectivity index (χ2v) is 4.79. The number of phenolic OH excluding ortho intramolecular Hbond substituents is 1. The standard InChI is InChI=1S/C11H12O2S/c1-6-3-11-8(5-9(6)12)10(13)4-7(2)14-11/h3-5,10,12-13H,1-2H3. The highest BCUT2D eigenvalue weighted by atomic mass is 32.2. The molecule has 0 fully saturated rings. The number of phenols is 1. The Morgan fingerprint density at radius 1 is 1.29 bits per heavy atom. The van der Waals surface area contributed by atoms with E-state index in [4.69, 9.17) is 0 Å². The number of hydrogen-bond acceptors (Lipinski definition) is 3. The maximum atomic E-state index is 9.75. The van der Waals surface area contributed by atoms with Gasteiger partial charge in [-0.3, -0.25) is 0 Å². The van der Waals surface area contributed by atoms with Crippen molar-refractivity contribution in [3.05, 3.63) is 34.2 Å². The summed E-state index contributed by atoms with van der Waals surface area (Å²) in [6, 6.07) is 3.56. The molecule has 0 radical (unpaired) electrons. The number of rotatable bonds is 0. The fourth-order valence-corrected chi connectivity index (χ4v) is 2.60. The van der Waals surface area contributed by atoms with Gasteiger partial charge in [-0.15, -0.1) is 0 Å². The van der Waals surface area contributed by atoms with E-state index in [1.165, 1.54) is 0 Å². The predicted molar refractivity (Wildman–Crippen MR) is 57.4 cm³/mol. The Hall–Kier alpha value is -0.930. The van der Waals surface area contributed by atoms with Crippen LogP contribution in [0.2, 0.25) is 0 Å². The Bertz CT molecular complexity index is 410. The van der Waals surface area contributed by atoms with E-state index in [1.807, 2.05) is 19.9 Å². The van der Waals surface area contributed by atoms with Crippen LogP contribution in [0.5, 0.6) is 5.75 Å². The first-order valence-electron chi connectivity index (χ1n) is 4.46. The number of benzene rings is 1. The summed E-state index contributed by atoms with van der Waals surface area (Å²) in [5.41, 5.74) is 1.64. The monoisotopic (exact) mass is 208 g/mol. The summed E-state index contributed by atoms with van der Waals surface area (Å²) in [6.45, 7) is 3.83. The van der Waals surface area contributed by atoms with Gasteiger partial charge in [0, 0.05) is 10.5 Å². The summed E-state index contributed by atoms with van der Waals surface area (Å²) in [6.07, 6.45) is 1.21. The maximum Gasteiger partial charge on any atom is 0.118 e. The van der Waals surface area contributed by atoms with Crippen molar-refractivity contribution in [1.82, 2.24) is 0 Å². The topological polar surface area (TPSA) is 40.5 Å². The highest BCUT2D eigenvalue weighted by molar-refractivity contribution is 8.03. The Morgan fingerprint density at radius 3 is 2.71 bits per heavy atom. The van der Waals surface area contributed by atoms with E-state index in [2.05, 4.69) is 0 Å². The van der Waals surface area contributed by atoms with Crippen molar-refractivity contribution in [3.8, 4) is 5.75 Å². The summed E-state index contributed by atoms with van der Waals surface area (Å²) >= 11 is 1.63. The van der Waals surface area contributed by atoms with Crippen molar-refractivity contribution >= 4 is 11.8 Å². The van der Waals surface area contributed by atoms with Crippen molar-refractivity contribution in [2.45, 2.75) is 24.8 Å². The molecule has 2 rings (SSSR count). The summed E-state index contributed by atoms with van der Waals surface area (Å²) in [5.74, 6) is 0.247. The molecule has 1 aromatic carbocycles. The maximum absolute atomic E-state index is 9.75. The molecule has 0 spiro atoms. The molecule has 1 aromatic rings. The summed E-state index contributed by atoms with van der Waals surface area (Å²) in [7, 11) is 0. The van der Waals surface area contributed by atoms with Crippen LogP contribution in [-0.2, 0) is 0 Å². The molecule has 0 amide bonds. The molecule has 1 unspecified atom stereocenters. The number of thioether (sulfide) groups is 1. The molecule has 3 heteroatoms. The van der Waals surface area contributed by atoms with Crippen LogP contribution in [0.3, 0.4) is 0 Å². The molecule has 1 heterocycles. The van der Waals surface area contributed by atoms with E-state index in [-0.39, 0.29) is 5.75 Å². The SMILES string of the molecule is CC1=CC(O)c2cc(O)c(C)cc2S1. The molecule has 2 nitrogen and oxygen atoms in total. The van der Waals surface area contributed by atoms with Crippen molar-refractivity contribution in [1.29, 1.82) is 0 Å². The highest BCUT2D eigenvalue weighted by Crippen LogP contribution is 2.41. The molecule has 0 aliphatic carbocycles. The third-order valence-corrected chi connectivity index (χ3v) is 3.34. The highest BCUT2D eigenvalue weighted by Gasteiger charge is 2.18. The van der Waals surface area contributed by atoms with Crippen LogP contribution in [0.4, 0.5) is 0 Å². The van der Waals surface area contributed by atoms with Gasteiger partial charge in [0.2, 0.25) is 0 Å². The number of allylic oxidation sites excluding steroid dienone is 1. The lowest BCUT2D eigenvalue weighted by molar-refractivity contribution is 0.224. The minimum atomic E-state index is -0.585. The summed E-state index contributed by atoms with van der Waals surface area (Å²) < 4.78 is 0. The Balaban J connectivity index is 2.55. The number of aliphatic hydroxyl groups excluding tert-OH is 1. The molecule has 1 aliphatic rings. The largest absolute Gasteiger partial charge is 0.508 e. The first-order chi connectivity index (χ1) is 6.58. The first-order valence-corrected chi connectivity index (χ1v) is 5.27. The molecule has 2 N–H and O–H groups in total. The Labute approximate surface area is 87.3 Å². The lowest BCUT2D eigenvalue weighted by atomic mass is 10.1. The van der Waals surface area contributed by atoms with E-state index in [0.29, 0.717) is 0 Å². The number of fused-ring (bicyclic) bond motifs is 1. The van der Waals surface area contributed by atoms with Crippen LogP contribution in [-0.4, -0.2) is 10.2 Å². The van der Waals surface area contributed by atoms with Crippen molar-refractivity contribution in [2.24, 2.45) is 0 Å². The van der Waals surface area contributed by atoms with E-state index in [1.54, 1.807) is 23.9 Å². The predicted octanol–water partition coefficient (Wildman–Crippen LogP) is 2.74. The number of hydrogen-bond donors (Lipinski definition) is 2. The van der Waals surface area contributed by atoms with E-state index in [9.17, 15) is 10.2 Å². The van der Waals surface area contributed by atoms with Gasteiger partial charge >= 0.3 is 0 Å². The van der Waals surface area contributed by atoms with Gasteiger partial charge in [0.05, 0.1) is 6.10 Å². The van der Waals surface area contributed by atoms with E-state index >= 15 is 0 Å². The molecule has 0 bridgehead atoms. The lowest BCUT2D eigenvalue weighted by Gasteiger charge is -2.19. The normalized spacial score (nSPS) is 20.2. The van der Waals surface area contributed by atoms with Gasteiger partial charge < -0.3 is 10.2 Å². The van der Waals surface area contributed by atoms with Gasteiger partial charge in [-0.05, 0) is 42.5 Å². The van der Waals surface area contributed by atoms with Crippen LogP contribution >= 0.6 is 11.8 Å². The third-order valence-electron chi connectivity index (χ3n) is 2.31. The quantitative estimate of drug-likeness (QED) is 0.688. The fourth-order valence-electron chi connectivity index (χ4n) is 1.53. The Morgan fingerprint density at radius 2 is 2.00 bits per heavy atom. The van der Waals surface area contributed by atoms with Crippen molar-refractivity contribution in [3.63, 3.8) is 0 Å². The molecule has 0 saturated heterocycles. The van der Waals surface area contributed by atoms with Crippen LogP contribution in [0.15, 0.2) is 28.0 Å². The fraction of sp³-hybridized carbons (Fsp3) is 0.273. The molecular weight excluding hydrogens is 196 g/mol. The zero-order chi connectivity index (χ0) is 10.3. The molecule has 0 aromatic heterocycles. The van der Waals surface area contributed by atoms with E-state index < -0.39 is 6.10 Å². The van der Waals surface area contributed by atoms with Gasteiger partial charge in [-0.2, -0.15) is 0 Å². The average molecular weight is 208 g/mol. The minimum absolute atomic E-state index is 0.247. The minimum Gasteiger partial charge on any atom is -0.508 e. The van der Waals surface area contributed by atoms with Gasteiger partial charge in [-0.1, -0.05) is 11.8 Å². The third kappa shape index (κ3) is 1.53. The van der Waals surface area contributed by atoms with Crippen LogP contribution in [0, 0.1) is 6.92 Å². The van der Waals surface area contributed by atoms with Crippen LogP contribution in [0.25, 0.3) is 0 Å². The molecule has 0 saturated carbocycles. The van der Waals surface area contributed by atoms with Crippen molar-refractivity contribution in [2.75, 3.05) is 0 Å². The molecule has 1 atom stereocenters. The molecule has 14 heavy (non-hydrogen) atoms. The zero-order valence-electron chi connectivity index (χ0n) is 8.11. The smallest absolute Gasteiger partial charge is 0.118 e. The second-order valence-electron chi connectivity index (χ2n) is 3.50. The molecule has 1 aliphatic heterocycles. The van der Waals surface area contributed by atoms with Gasteiger partial charge in [0.1, 0.15) is 5.75 Å². The summed E-state index contributed by atoms with van der Waals surface area (Å²) in [4.78, 5) is 2.13. The van der Waals surface area contributed by atoms with Gasteiger partial charge in [-0.25, -0.2) is 0 Å². The van der Waals surface area contributed by atoms with Gasteiger partial charge in [0.25, 0.3) is 0 Å². The second kappa shape index (κ2) is 3.33. The van der Waals surface area contributed by atoms with Crippen molar-refractivity contribution < 1.29 is 10.2 Å².